The summed E-state index contributed by atoms with van der Waals surface area (Å²) in [6, 6.07) is 9.17. The third-order valence-electron chi connectivity index (χ3n) is 5.65. The van der Waals surface area contributed by atoms with Crippen molar-refractivity contribution in [2.24, 2.45) is 0 Å². The van der Waals surface area contributed by atoms with E-state index in [4.69, 9.17) is 9.72 Å². The first-order valence-corrected chi connectivity index (χ1v) is 11.9. The number of morpholine rings is 1. The smallest absolute Gasteiger partial charge is 0.243 e. The van der Waals surface area contributed by atoms with Gasteiger partial charge in [0.15, 0.2) is 0 Å². The van der Waals surface area contributed by atoms with Crippen LogP contribution in [0.3, 0.4) is 0 Å². The van der Waals surface area contributed by atoms with E-state index in [1.165, 1.54) is 0 Å². The number of anilines is 2. The van der Waals surface area contributed by atoms with E-state index in [0.717, 1.165) is 42.5 Å². The van der Waals surface area contributed by atoms with Gasteiger partial charge in [-0.05, 0) is 31.0 Å². The zero-order valence-corrected chi connectivity index (χ0v) is 18.4. The van der Waals surface area contributed by atoms with E-state index in [1.54, 1.807) is 16.4 Å². The first kappa shape index (κ1) is 21.0. The van der Waals surface area contributed by atoms with Crippen LogP contribution >= 0.6 is 0 Å². The second-order valence-corrected chi connectivity index (χ2v) is 9.59. The molecule has 2 aliphatic heterocycles. The van der Waals surface area contributed by atoms with Gasteiger partial charge in [-0.2, -0.15) is 9.29 Å². The predicted molar refractivity (Wildman–Crippen MR) is 117 cm³/mol. The van der Waals surface area contributed by atoms with Gasteiger partial charge in [-0.25, -0.2) is 13.4 Å². The molecule has 9 heteroatoms. The van der Waals surface area contributed by atoms with Crippen molar-refractivity contribution in [2.45, 2.75) is 25.2 Å². The Hall–Kier alpha value is -2.23. The molecule has 0 unspecified atom stereocenters. The second kappa shape index (κ2) is 8.87. The molecule has 0 atom stereocenters. The minimum atomic E-state index is -3.47. The van der Waals surface area contributed by atoms with Crippen LogP contribution in [0.1, 0.15) is 18.2 Å². The molecule has 0 bridgehead atoms. The van der Waals surface area contributed by atoms with Crippen LogP contribution in [0, 0.1) is 6.92 Å². The van der Waals surface area contributed by atoms with Crippen molar-refractivity contribution >= 4 is 21.8 Å². The molecule has 1 aromatic heterocycles. The number of sulfonamides is 1. The van der Waals surface area contributed by atoms with Gasteiger partial charge in [0.2, 0.25) is 16.0 Å². The molecule has 1 aromatic carbocycles. The lowest BCUT2D eigenvalue weighted by molar-refractivity contribution is 0.122. The van der Waals surface area contributed by atoms with Crippen molar-refractivity contribution in [3.63, 3.8) is 0 Å². The number of aryl methyl sites for hydroxylation is 2. The molecule has 4 rings (SSSR count). The number of benzene rings is 1. The highest BCUT2D eigenvalue weighted by atomic mass is 32.2. The van der Waals surface area contributed by atoms with Crippen molar-refractivity contribution in [2.75, 3.05) is 62.3 Å². The van der Waals surface area contributed by atoms with E-state index in [1.807, 2.05) is 25.1 Å². The predicted octanol–water partition coefficient (Wildman–Crippen LogP) is 1.69. The molecule has 8 nitrogen and oxygen atoms in total. The zero-order valence-electron chi connectivity index (χ0n) is 17.6. The number of nitrogens with zero attached hydrogens (tertiary/aromatic N) is 5. The van der Waals surface area contributed by atoms with Crippen molar-refractivity contribution < 1.29 is 13.2 Å². The highest BCUT2D eigenvalue weighted by molar-refractivity contribution is 7.89. The lowest BCUT2D eigenvalue weighted by atomic mass is 10.2. The highest BCUT2D eigenvalue weighted by Crippen LogP contribution is 2.23. The number of piperazine rings is 1. The van der Waals surface area contributed by atoms with Gasteiger partial charge in [0.25, 0.3) is 0 Å². The highest BCUT2D eigenvalue weighted by Gasteiger charge is 2.29. The Kier molecular flexibility index (Phi) is 6.21. The van der Waals surface area contributed by atoms with Gasteiger partial charge < -0.3 is 14.5 Å². The van der Waals surface area contributed by atoms with Gasteiger partial charge in [0.1, 0.15) is 5.82 Å². The molecule has 2 aliphatic rings. The van der Waals surface area contributed by atoms with Crippen LogP contribution < -0.4 is 9.80 Å². The van der Waals surface area contributed by atoms with Gasteiger partial charge >= 0.3 is 0 Å². The third kappa shape index (κ3) is 4.43. The fourth-order valence-electron chi connectivity index (χ4n) is 3.81. The number of aromatic nitrogens is 2. The van der Waals surface area contributed by atoms with E-state index in [0.29, 0.717) is 44.3 Å². The molecular weight excluding hydrogens is 402 g/mol. The van der Waals surface area contributed by atoms with Crippen LogP contribution in [-0.4, -0.2) is 75.2 Å². The fraction of sp³-hybridized carbons (Fsp3) is 0.524. The number of rotatable bonds is 5. The van der Waals surface area contributed by atoms with E-state index < -0.39 is 10.0 Å². The van der Waals surface area contributed by atoms with Crippen LogP contribution in [0.4, 0.5) is 11.8 Å². The molecule has 0 N–H and O–H groups in total. The summed E-state index contributed by atoms with van der Waals surface area (Å²) in [5.41, 5.74) is 2.04. The Morgan fingerprint density at radius 2 is 1.60 bits per heavy atom. The zero-order chi connectivity index (χ0) is 21.1. The third-order valence-corrected chi connectivity index (χ3v) is 7.57. The molecule has 0 saturated carbocycles. The molecule has 0 radical (unpaired) electrons. The lowest BCUT2D eigenvalue weighted by Gasteiger charge is -2.35. The van der Waals surface area contributed by atoms with Crippen molar-refractivity contribution in [1.29, 1.82) is 0 Å². The molecule has 2 fully saturated rings. The Bertz CT molecular complexity index is 967. The number of ether oxygens (including phenoxy) is 1. The monoisotopic (exact) mass is 431 g/mol. The average molecular weight is 432 g/mol. The van der Waals surface area contributed by atoms with Crippen molar-refractivity contribution in [1.82, 2.24) is 14.3 Å². The lowest BCUT2D eigenvalue weighted by Crippen LogP contribution is -2.49. The van der Waals surface area contributed by atoms with E-state index >= 15 is 0 Å². The Labute approximate surface area is 178 Å². The minimum Gasteiger partial charge on any atom is -0.378 e. The largest absolute Gasteiger partial charge is 0.378 e. The summed E-state index contributed by atoms with van der Waals surface area (Å²) >= 11 is 0. The van der Waals surface area contributed by atoms with Crippen LogP contribution in [0.5, 0.6) is 0 Å². The molecule has 2 saturated heterocycles. The van der Waals surface area contributed by atoms with Gasteiger partial charge in [0.05, 0.1) is 18.1 Å². The van der Waals surface area contributed by atoms with E-state index in [9.17, 15) is 8.42 Å². The van der Waals surface area contributed by atoms with Crippen molar-refractivity contribution in [3.8, 4) is 0 Å². The molecular formula is C21H29N5O3S. The summed E-state index contributed by atoms with van der Waals surface area (Å²) < 4.78 is 33.0. The first-order valence-electron chi connectivity index (χ1n) is 10.5. The summed E-state index contributed by atoms with van der Waals surface area (Å²) in [4.78, 5) is 14.0. The number of hydrogen-bond donors (Lipinski definition) is 0. The average Bonchev–Trinajstić information content (AvgIpc) is 2.79. The van der Waals surface area contributed by atoms with Crippen LogP contribution in [0.15, 0.2) is 35.2 Å². The maximum Gasteiger partial charge on any atom is 0.243 e. The second-order valence-electron chi connectivity index (χ2n) is 7.66. The maximum absolute atomic E-state index is 13.0. The quantitative estimate of drug-likeness (QED) is 0.713. The maximum atomic E-state index is 13.0. The summed E-state index contributed by atoms with van der Waals surface area (Å²) in [6.07, 6.45) is 0.893. The Morgan fingerprint density at radius 1 is 0.933 bits per heavy atom. The normalized spacial score (nSPS) is 18.6. The molecule has 0 amide bonds. The van der Waals surface area contributed by atoms with Crippen LogP contribution in [-0.2, 0) is 21.2 Å². The molecule has 162 valence electrons. The van der Waals surface area contributed by atoms with Gasteiger partial charge in [-0.1, -0.05) is 19.1 Å². The summed E-state index contributed by atoms with van der Waals surface area (Å²) in [7, 11) is -3.47. The first-order chi connectivity index (χ1) is 14.5. The SMILES string of the molecule is CCc1ccc(S(=O)(=O)N2CCN(c3cc(C)nc(N4CCOCC4)n3)CC2)cc1. The summed E-state index contributed by atoms with van der Waals surface area (Å²) in [5, 5.41) is 0. The molecule has 30 heavy (non-hydrogen) atoms. The van der Waals surface area contributed by atoms with E-state index in [-0.39, 0.29) is 0 Å². The minimum absolute atomic E-state index is 0.362. The van der Waals surface area contributed by atoms with E-state index in [2.05, 4.69) is 21.7 Å². The molecule has 3 heterocycles. The van der Waals surface area contributed by atoms with Gasteiger partial charge in [-0.3, -0.25) is 0 Å². The molecule has 2 aromatic rings. The standard InChI is InChI=1S/C21H29N5O3S/c1-3-18-4-6-19(7-5-18)30(27,28)26-10-8-24(9-11-26)20-16-17(2)22-21(23-20)25-12-14-29-15-13-25/h4-7,16H,3,8-15H2,1-2H3. The summed E-state index contributed by atoms with van der Waals surface area (Å²) in [5.74, 6) is 1.58. The Balaban J connectivity index is 1.45. The van der Waals surface area contributed by atoms with Crippen LogP contribution in [0.25, 0.3) is 0 Å². The molecule has 0 spiro atoms. The fourth-order valence-corrected chi connectivity index (χ4v) is 5.23. The van der Waals surface area contributed by atoms with Gasteiger partial charge in [-0.15, -0.1) is 0 Å². The number of hydrogen-bond acceptors (Lipinski definition) is 7. The molecule has 0 aliphatic carbocycles. The summed E-state index contributed by atoms with van der Waals surface area (Å²) in [6.45, 7) is 9.04. The van der Waals surface area contributed by atoms with Crippen LogP contribution in [0.2, 0.25) is 0 Å². The topological polar surface area (TPSA) is 78.9 Å². The Morgan fingerprint density at radius 3 is 2.23 bits per heavy atom. The van der Waals surface area contributed by atoms with Gasteiger partial charge in [0, 0.05) is 51.0 Å². The van der Waals surface area contributed by atoms with Crippen molar-refractivity contribution in [3.05, 3.63) is 41.6 Å².